The number of aliphatic hydroxyl groups excluding tert-OH is 2. The van der Waals surface area contributed by atoms with E-state index in [4.69, 9.17) is 9.47 Å². The molecule has 5 rings (SSSR count). The van der Waals surface area contributed by atoms with Gasteiger partial charge in [-0.3, -0.25) is 4.57 Å². The summed E-state index contributed by atoms with van der Waals surface area (Å²) in [7, 11) is 1.53. The Balaban J connectivity index is 1.42. The molecule has 0 spiro atoms. The second-order valence-corrected chi connectivity index (χ2v) is 7.97. The molecule has 146 valence electrons. The number of rotatable bonds is 5. The number of methoxy groups -OCH3 is 1. The van der Waals surface area contributed by atoms with Crippen LogP contribution in [0.3, 0.4) is 0 Å². The molecule has 1 aliphatic heterocycles. The first-order valence-corrected chi connectivity index (χ1v) is 9.60. The van der Waals surface area contributed by atoms with Crippen LogP contribution in [0.25, 0.3) is 11.2 Å². The van der Waals surface area contributed by atoms with Crippen LogP contribution in [0.15, 0.2) is 12.7 Å². The van der Waals surface area contributed by atoms with Gasteiger partial charge in [-0.2, -0.15) is 0 Å². The van der Waals surface area contributed by atoms with Crippen molar-refractivity contribution in [2.24, 2.45) is 11.8 Å². The Morgan fingerprint density at radius 2 is 2.11 bits per heavy atom. The van der Waals surface area contributed by atoms with Crippen LogP contribution in [0.4, 0.5) is 5.82 Å². The van der Waals surface area contributed by atoms with E-state index < -0.39 is 24.5 Å². The van der Waals surface area contributed by atoms with Gasteiger partial charge in [-0.25, -0.2) is 15.0 Å². The number of hydrogen-bond acceptors (Lipinski definition) is 8. The molecule has 2 saturated carbocycles. The van der Waals surface area contributed by atoms with E-state index in [2.05, 4.69) is 20.3 Å². The third kappa shape index (κ3) is 2.80. The first-order chi connectivity index (χ1) is 13.2. The minimum Gasteiger partial charge on any atom is -0.387 e. The summed E-state index contributed by atoms with van der Waals surface area (Å²) in [5.41, 5.74) is 1.23. The molecule has 9 heteroatoms. The fourth-order valence-electron chi connectivity index (χ4n) is 5.00. The maximum atomic E-state index is 10.4. The summed E-state index contributed by atoms with van der Waals surface area (Å²) in [6, 6.07) is 0.438. The van der Waals surface area contributed by atoms with E-state index in [1.807, 2.05) is 0 Å². The van der Waals surface area contributed by atoms with Crippen molar-refractivity contribution >= 4 is 17.0 Å². The molecule has 2 aliphatic carbocycles. The summed E-state index contributed by atoms with van der Waals surface area (Å²) in [5.74, 6) is 2.27. The van der Waals surface area contributed by atoms with Crippen molar-refractivity contribution < 1.29 is 19.7 Å². The lowest BCUT2D eigenvalue weighted by atomic mass is 9.95. The smallest absolute Gasteiger partial charge is 0.167 e. The number of hydrogen-bond donors (Lipinski definition) is 3. The quantitative estimate of drug-likeness (QED) is 0.699. The fraction of sp³-hybridized carbons (Fsp3) is 0.722. The van der Waals surface area contributed by atoms with E-state index in [0.29, 0.717) is 23.1 Å². The Hall–Kier alpha value is -1.81. The predicted octanol–water partition coefficient (Wildman–Crippen LogP) is 0.692. The first kappa shape index (κ1) is 17.3. The molecular weight excluding hydrogens is 350 g/mol. The molecule has 3 aliphatic rings. The van der Waals surface area contributed by atoms with Crippen molar-refractivity contribution in [2.45, 2.75) is 56.3 Å². The van der Waals surface area contributed by atoms with Gasteiger partial charge in [0.1, 0.15) is 24.6 Å². The van der Waals surface area contributed by atoms with Crippen LogP contribution in [0.5, 0.6) is 0 Å². The third-order valence-electron chi connectivity index (χ3n) is 6.36. The maximum absolute atomic E-state index is 10.4. The van der Waals surface area contributed by atoms with Crippen molar-refractivity contribution in [1.82, 2.24) is 19.5 Å². The van der Waals surface area contributed by atoms with Gasteiger partial charge in [0.15, 0.2) is 23.2 Å². The number of imidazole rings is 1. The Labute approximate surface area is 156 Å². The van der Waals surface area contributed by atoms with Crippen molar-refractivity contribution in [2.75, 3.05) is 19.0 Å². The maximum Gasteiger partial charge on any atom is 0.167 e. The van der Waals surface area contributed by atoms with Crippen LogP contribution >= 0.6 is 0 Å². The van der Waals surface area contributed by atoms with Gasteiger partial charge in [-0.15, -0.1) is 0 Å². The Bertz CT molecular complexity index is 829. The summed E-state index contributed by atoms with van der Waals surface area (Å²) < 4.78 is 12.5. The van der Waals surface area contributed by atoms with Gasteiger partial charge in [0.2, 0.25) is 0 Å². The van der Waals surface area contributed by atoms with E-state index in [1.54, 1.807) is 10.9 Å². The van der Waals surface area contributed by atoms with Crippen LogP contribution in [0, 0.1) is 11.8 Å². The largest absolute Gasteiger partial charge is 0.387 e. The summed E-state index contributed by atoms with van der Waals surface area (Å²) in [6.45, 7) is 0.202. The molecule has 2 aromatic heterocycles. The molecule has 0 radical (unpaired) electrons. The summed E-state index contributed by atoms with van der Waals surface area (Å²) >= 11 is 0. The van der Waals surface area contributed by atoms with Gasteiger partial charge in [0.05, 0.1) is 12.9 Å². The van der Waals surface area contributed by atoms with Crippen molar-refractivity contribution in [3.05, 3.63) is 12.7 Å². The number of nitrogens with zero attached hydrogens (tertiary/aromatic N) is 4. The Kier molecular flexibility index (Phi) is 4.27. The zero-order valence-electron chi connectivity index (χ0n) is 15.2. The Morgan fingerprint density at radius 1 is 1.22 bits per heavy atom. The predicted molar refractivity (Wildman–Crippen MR) is 96.0 cm³/mol. The average molecular weight is 375 g/mol. The average Bonchev–Trinajstić information content (AvgIpc) is 3.43. The van der Waals surface area contributed by atoms with Gasteiger partial charge in [0.25, 0.3) is 0 Å². The van der Waals surface area contributed by atoms with Crippen molar-refractivity contribution in [3.8, 4) is 0 Å². The van der Waals surface area contributed by atoms with Gasteiger partial charge >= 0.3 is 0 Å². The normalized spacial score (nSPS) is 38.1. The molecule has 2 unspecified atom stereocenters. The summed E-state index contributed by atoms with van der Waals surface area (Å²) in [4.78, 5) is 13.2. The Morgan fingerprint density at radius 3 is 2.85 bits per heavy atom. The zero-order chi connectivity index (χ0) is 18.5. The van der Waals surface area contributed by atoms with E-state index in [9.17, 15) is 10.2 Å². The molecule has 27 heavy (non-hydrogen) atoms. The van der Waals surface area contributed by atoms with E-state index in [1.165, 1.54) is 39.1 Å². The summed E-state index contributed by atoms with van der Waals surface area (Å²) in [5, 5.41) is 24.2. The molecule has 7 atom stereocenters. The highest BCUT2D eigenvalue weighted by Crippen LogP contribution is 2.45. The minimum absolute atomic E-state index is 0.202. The van der Waals surface area contributed by atoms with Gasteiger partial charge < -0.3 is 25.0 Å². The zero-order valence-corrected chi connectivity index (χ0v) is 15.2. The number of nitrogens with one attached hydrogen (secondary N) is 1. The van der Waals surface area contributed by atoms with Crippen LogP contribution in [-0.2, 0) is 9.47 Å². The van der Waals surface area contributed by atoms with Gasteiger partial charge in [-0.1, -0.05) is 6.42 Å². The highest BCUT2D eigenvalue weighted by Gasteiger charge is 2.44. The molecule has 9 nitrogen and oxygen atoms in total. The van der Waals surface area contributed by atoms with E-state index in [0.717, 1.165) is 11.7 Å². The molecule has 0 amide bonds. The lowest BCUT2D eigenvalue weighted by molar-refractivity contribution is -0.0580. The number of aromatic nitrogens is 4. The lowest BCUT2D eigenvalue weighted by Crippen LogP contribution is -2.33. The fourth-order valence-corrected chi connectivity index (χ4v) is 5.00. The molecule has 3 N–H and O–H groups in total. The first-order valence-electron chi connectivity index (χ1n) is 9.60. The number of fused-ring (bicyclic) bond motifs is 3. The molecule has 2 aromatic rings. The summed E-state index contributed by atoms with van der Waals surface area (Å²) in [6.07, 6.45) is 4.73. The second-order valence-electron chi connectivity index (χ2n) is 7.97. The molecule has 2 bridgehead atoms. The van der Waals surface area contributed by atoms with Crippen LogP contribution in [0.1, 0.15) is 31.9 Å². The van der Waals surface area contributed by atoms with E-state index in [-0.39, 0.29) is 6.61 Å². The number of anilines is 1. The van der Waals surface area contributed by atoms with Gasteiger partial charge in [-0.05, 0) is 31.1 Å². The topological polar surface area (TPSA) is 115 Å². The SMILES string of the molecule is COC[C@H]1O[C@@H](n2cnc3c(N[C@@H]4CC5CCC4C5)ncnc32)[C@H](O)[C@@H]1O. The van der Waals surface area contributed by atoms with Crippen molar-refractivity contribution in [3.63, 3.8) is 0 Å². The van der Waals surface area contributed by atoms with Crippen LogP contribution in [-0.4, -0.2) is 67.8 Å². The lowest BCUT2D eigenvalue weighted by Gasteiger charge is -2.23. The van der Waals surface area contributed by atoms with E-state index >= 15 is 0 Å². The number of aliphatic hydroxyl groups is 2. The minimum atomic E-state index is -1.08. The third-order valence-corrected chi connectivity index (χ3v) is 6.36. The van der Waals surface area contributed by atoms with Crippen molar-refractivity contribution in [1.29, 1.82) is 0 Å². The molecular formula is C18H25N5O4. The number of ether oxygens (including phenoxy) is 2. The molecule has 3 fully saturated rings. The van der Waals surface area contributed by atoms with Crippen LogP contribution < -0.4 is 5.32 Å². The molecule has 3 heterocycles. The van der Waals surface area contributed by atoms with Crippen LogP contribution in [0.2, 0.25) is 0 Å². The highest BCUT2D eigenvalue weighted by molar-refractivity contribution is 5.82. The molecule has 0 aromatic carbocycles. The van der Waals surface area contributed by atoms with Gasteiger partial charge in [0, 0.05) is 13.2 Å². The standard InChI is InChI=1S/C18H25N5O4/c1-26-6-12-14(24)15(25)18(27-12)23-8-21-13-16(19-7-20-17(13)23)22-11-5-9-2-3-10(11)4-9/h7-12,14-15,18,24-25H,2-6H2,1H3,(H,19,20,22)/t9?,10?,11-,12-,14-,15-,18-/m1/s1. The monoisotopic (exact) mass is 375 g/mol. The molecule has 1 saturated heterocycles. The second kappa shape index (κ2) is 6.66. The highest BCUT2D eigenvalue weighted by atomic mass is 16.6.